The fourth-order valence-electron chi connectivity index (χ4n) is 4.63. The first-order valence-corrected chi connectivity index (χ1v) is 10.4. The van der Waals surface area contributed by atoms with Gasteiger partial charge in [0.15, 0.2) is 0 Å². The number of carbonyl (C=O) groups excluding carboxylic acids is 2. The third-order valence-corrected chi connectivity index (χ3v) is 6.90. The second kappa shape index (κ2) is 6.67. The van der Waals surface area contributed by atoms with Crippen molar-refractivity contribution in [2.45, 2.75) is 42.9 Å². The number of benzene rings is 1. The number of nitrogens with zero attached hydrogens (tertiary/aromatic N) is 1. The highest BCUT2D eigenvalue weighted by Gasteiger charge is 2.53. The third kappa shape index (κ3) is 3.31. The van der Waals surface area contributed by atoms with Gasteiger partial charge in [-0.1, -0.05) is 12.1 Å². The van der Waals surface area contributed by atoms with Crippen LogP contribution in [0.1, 0.15) is 43.6 Å². The van der Waals surface area contributed by atoms with Crippen molar-refractivity contribution in [3.05, 3.63) is 29.8 Å². The molecule has 1 aromatic carbocycles. The summed E-state index contributed by atoms with van der Waals surface area (Å²) in [6.45, 7) is 2.23. The van der Waals surface area contributed by atoms with E-state index in [0.29, 0.717) is 24.9 Å². The van der Waals surface area contributed by atoms with Gasteiger partial charge in [-0.2, -0.15) is 0 Å². The molecule has 1 amide bonds. The standard InChI is InChI=1S/C20H25NO3S/c1-25-17-4-2-14(3-5-17)15-6-8-21(9-7-15)19(23)16-10-20(11-16)12-18(22)24-13-20/h2-5,15-16H,6-13H2,1H3. The van der Waals surface area contributed by atoms with Crippen molar-refractivity contribution in [2.75, 3.05) is 26.0 Å². The number of rotatable bonds is 3. The fourth-order valence-corrected chi connectivity index (χ4v) is 5.04. The van der Waals surface area contributed by atoms with Crippen LogP contribution in [0.5, 0.6) is 0 Å². The highest BCUT2D eigenvalue weighted by Crippen LogP contribution is 2.52. The van der Waals surface area contributed by atoms with Gasteiger partial charge in [0.25, 0.3) is 0 Å². The molecule has 134 valence electrons. The lowest BCUT2D eigenvalue weighted by Gasteiger charge is -2.45. The van der Waals surface area contributed by atoms with E-state index in [9.17, 15) is 9.59 Å². The molecule has 1 aromatic rings. The predicted octanol–water partition coefficient (Wildman–Crippen LogP) is 3.46. The van der Waals surface area contributed by atoms with E-state index in [1.807, 2.05) is 4.90 Å². The lowest BCUT2D eigenvalue weighted by molar-refractivity contribution is -0.144. The van der Waals surface area contributed by atoms with E-state index in [2.05, 4.69) is 30.5 Å². The topological polar surface area (TPSA) is 46.6 Å². The Morgan fingerprint density at radius 3 is 2.44 bits per heavy atom. The Kier molecular flexibility index (Phi) is 4.52. The van der Waals surface area contributed by atoms with E-state index in [4.69, 9.17) is 4.74 Å². The van der Waals surface area contributed by atoms with Gasteiger partial charge in [0.1, 0.15) is 0 Å². The molecule has 4 nitrogen and oxygen atoms in total. The van der Waals surface area contributed by atoms with Gasteiger partial charge in [0, 0.05) is 29.3 Å². The van der Waals surface area contributed by atoms with Crippen molar-refractivity contribution >= 4 is 23.6 Å². The van der Waals surface area contributed by atoms with Crippen LogP contribution in [-0.4, -0.2) is 42.7 Å². The van der Waals surface area contributed by atoms with Crippen LogP contribution >= 0.6 is 11.8 Å². The number of hydrogen-bond donors (Lipinski definition) is 0. The summed E-state index contributed by atoms with van der Waals surface area (Å²) < 4.78 is 5.10. The van der Waals surface area contributed by atoms with Gasteiger partial charge in [-0.25, -0.2) is 0 Å². The van der Waals surface area contributed by atoms with Crippen molar-refractivity contribution < 1.29 is 14.3 Å². The maximum Gasteiger partial charge on any atom is 0.306 e. The van der Waals surface area contributed by atoms with Crippen LogP contribution in [0.2, 0.25) is 0 Å². The number of ether oxygens (including phenoxy) is 1. The molecular formula is C20H25NO3S. The highest BCUT2D eigenvalue weighted by atomic mass is 32.2. The average molecular weight is 359 g/mol. The predicted molar refractivity (Wildman–Crippen MR) is 97.5 cm³/mol. The zero-order valence-electron chi connectivity index (χ0n) is 14.7. The van der Waals surface area contributed by atoms with Crippen LogP contribution in [-0.2, 0) is 14.3 Å². The van der Waals surface area contributed by atoms with Crippen molar-refractivity contribution in [1.29, 1.82) is 0 Å². The third-order valence-electron chi connectivity index (χ3n) is 6.16. The molecule has 3 aliphatic rings. The molecule has 0 atom stereocenters. The number of carbonyl (C=O) groups is 2. The maximum atomic E-state index is 12.7. The minimum absolute atomic E-state index is 0.0191. The van der Waals surface area contributed by atoms with Crippen LogP contribution in [0.3, 0.4) is 0 Å². The minimum atomic E-state index is -0.0980. The van der Waals surface area contributed by atoms with Crippen LogP contribution in [0.15, 0.2) is 29.2 Å². The summed E-state index contributed by atoms with van der Waals surface area (Å²) in [4.78, 5) is 27.4. The quantitative estimate of drug-likeness (QED) is 0.612. The second-order valence-corrected chi connectivity index (χ2v) is 8.70. The van der Waals surface area contributed by atoms with Gasteiger partial charge in [-0.05, 0) is 55.6 Å². The van der Waals surface area contributed by atoms with Crippen LogP contribution in [0, 0.1) is 11.3 Å². The lowest BCUT2D eigenvalue weighted by atomic mass is 9.61. The second-order valence-electron chi connectivity index (χ2n) is 7.82. The largest absolute Gasteiger partial charge is 0.465 e. The average Bonchev–Trinajstić information content (AvgIpc) is 3.02. The molecule has 25 heavy (non-hydrogen) atoms. The molecule has 3 fully saturated rings. The summed E-state index contributed by atoms with van der Waals surface area (Å²) in [5, 5.41) is 0. The maximum absolute atomic E-state index is 12.7. The number of esters is 1. The Bertz CT molecular complexity index is 658. The van der Waals surface area contributed by atoms with Gasteiger partial charge in [0.2, 0.25) is 5.91 Å². The highest BCUT2D eigenvalue weighted by molar-refractivity contribution is 7.98. The van der Waals surface area contributed by atoms with E-state index in [1.165, 1.54) is 10.5 Å². The molecule has 5 heteroatoms. The first kappa shape index (κ1) is 17.0. The Hall–Kier alpha value is -1.49. The monoisotopic (exact) mass is 359 g/mol. The molecule has 2 saturated heterocycles. The van der Waals surface area contributed by atoms with Gasteiger partial charge < -0.3 is 9.64 Å². The first-order valence-electron chi connectivity index (χ1n) is 9.17. The molecule has 4 rings (SSSR count). The molecule has 2 heterocycles. The van der Waals surface area contributed by atoms with Crippen LogP contribution < -0.4 is 0 Å². The number of amides is 1. The zero-order chi connectivity index (χ0) is 17.4. The Balaban J connectivity index is 1.28. The van der Waals surface area contributed by atoms with Crippen molar-refractivity contribution in [2.24, 2.45) is 11.3 Å². The minimum Gasteiger partial charge on any atom is -0.465 e. The SMILES string of the molecule is CSc1ccc(C2CCN(C(=O)C3CC4(COC(=O)C4)C3)CC2)cc1. The Labute approximate surface area is 153 Å². The van der Waals surface area contributed by atoms with Gasteiger partial charge >= 0.3 is 5.97 Å². The summed E-state index contributed by atoms with van der Waals surface area (Å²) in [5.74, 6) is 0.862. The van der Waals surface area contributed by atoms with Crippen molar-refractivity contribution in [3.8, 4) is 0 Å². The summed E-state index contributed by atoms with van der Waals surface area (Å²) in [5.41, 5.74) is 1.38. The van der Waals surface area contributed by atoms with Crippen LogP contribution in [0.25, 0.3) is 0 Å². The Morgan fingerprint density at radius 1 is 1.20 bits per heavy atom. The van der Waals surface area contributed by atoms with Gasteiger partial charge in [-0.3, -0.25) is 9.59 Å². The summed E-state index contributed by atoms with van der Waals surface area (Å²) >= 11 is 1.77. The molecule has 1 saturated carbocycles. The van der Waals surface area contributed by atoms with Gasteiger partial charge in [0.05, 0.1) is 13.0 Å². The molecule has 0 aromatic heterocycles. The first-order chi connectivity index (χ1) is 12.1. The number of hydrogen-bond acceptors (Lipinski definition) is 4. The van der Waals surface area contributed by atoms with E-state index in [0.717, 1.165) is 38.8 Å². The normalized spacial score (nSPS) is 29.6. The molecule has 1 aliphatic carbocycles. The smallest absolute Gasteiger partial charge is 0.306 e. The summed E-state index contributed by atoms with van der Waals surface area (Å²) in [7, 11) is 0. The fraction of sp³-hybridized carbons (Fsp3) is 0.600. The number of likely N-dealkylation sites (tertiary alicyclic amines) is 1. The zero-order valence-corrected chi connectivity index (χ0v) is 15.5. The molecule has 0 unspecified atom stereocenters. The summed E-state index contributed by atoms with van der Waals surface area (Å²) in [6, 6.07) is 8.86. The van der Waals surface area contributed by atoms with E-state index < -0.39 is 0 Å². The van der Waals surface area contributed by atoms with Crippen LogP contribution in [0.4, 0.5) is 0 Å². The molecule has 0 bridgehead atoms. The lowest BCUT2D eigenvalue weighted by Crippen LogP contribution is -2.49. The number of piperidine rings is 1. The van der Waals surface area contributed by atoms with Gasteiger partial charge in [-0.15, -0.1) is 11.8 Å². The Morgan fingerprint density at radius 2 is 1.88 bits per heavy atom. The molecule has 0 radical (unpaired) electrons. The van der Waals surface area contributed by atoms with Crippen molar-refractivity contribution in [1.82, 2.24) is 4.90 Å². The van der Waals surface area contributed by atoms with Crippen molar-refractivity contribution in [3.63, 3.8) is 0 Å². The summed E-state index contributed by atoms with van der Waals surface area (Å²) in [6.07, 6.45) is 6.34. The molecule has 2 aliphatic heterocycles. The molecule has 0 N–H and O–H groups in total. The molecular weight excluding hydrogens is 334 g/mol. The van der Waals surface area contributed by atoms with E-state index in [1.54, 1.807) is 11.8 Å². The van der Waals surface area contributed by atoms with E-state index in [-0.39, 0.29) is 17.3 Å². The number of thioether (sulfide) groups is 1. The number of cyclic esters (lactones) is 1. The molecule has 1 spiro atoms. The van der Waals surface area contributed by atoms with E-state index >= 15 is 0 Å².